The van der Waals surface area contributed by atoms with E-state index in [1.165, 1.54) is 18.4 Å². The number of benzene rings is 2. The minimum absolute atomic E-state index is 0.721. The largest absolute Gasteiger partial charge is 0.457 e. The van der Waals surface area contributed by atoms with Gasteiger partial charge in [0.2, 0.25) is 0 Å². The van der Waals surface area contributed by atoms with Crippen molar-refractivity contribution in [2.75, 3.05) is 5.73 Å². The molecule has 126 valence electrons. The van der Waals surface area contributed by atoms with Gasteiger partial charge in [-0.15, -0.1) is 0 Å². The molecule has 3 aromatic rings. The topological polar surface area (TPSA) is 48.1 Å². The van der Waals surface area contributed by atoms with Crippen LogP contribution in [0.1, 0.15) is 35.7 Å². The molecule has 1 saturated carbocycles. The Kier molecular flexibility index (Phi) is 3.92. The van der Waals surface area contributed by atoms with E-state index >= 15 is 0 Å². The molecule has 0 saturated heterocycles. The third-order valence-corrected chi connectivity index (χ3v) is 4.55. The highest BCUT2D eigenvalue weighted by atomic mass is 16.5. The molecule has 0 radical (unpaired) electrons. The van der Waals surface area contributed by atoms with E-state index in [0.29, 0.717) is 0 Å². The number of hydrogen-bond acceptors (Lipinski definition) is 3. The van der Waals surface area contributed by atoms with Crippen LogP contribution in [0.3, 0.4) is 0 Å². The summed E-state index contributed by atoms with van der Waals surface area (Å²) in [5.41, 5.74) is 12.2. The van der Waals surface area contributed by atoms with Crippen LogP contribution in [-0.4, -0.2) is 4.98 Å². The highest BCUT2D eigenvalue weighted by molar-refractivity contribution is 5.74. The minimum Gasteiger partial charge on any atom is -0.457 e. The van der Waals surface area contributed by atoms with Gasteiger partial charge in [0.25, 0.3) is 0 Å². The van der Waals surface area contributed by atoms with Crippen molar-refractivity contribution in [2.45, 2.75) is 32.6 Å². The van der Waals surface area contributed by atoms with Gasteiger partial charge in [-0.1, -0.05) is 12.1 Å². The predicted molar refractivity (Wildman–Crippen MR) is 102 cm³/mol. The van der Waals surface area contributed by atoms with Crippen LogP contribution in [0.5, 0.6) is 11.5 Å². The van der Waals surface area contributed by atoms with E-state index in [9.17, 15) is 0 Å². The number of nitrogens with zero attached hydrogens (tertiary/aromatic N) is 1. The Bertz CT molecular complexity index is 892. The molecule has 4 rings (SSSR count). The van der Waals surface area contributed by atoms with Gasteiger partial charge < -0.3 is 10.5 Å². The SMILES string of the molecule is Cc1cc(-c2cc(N)ccc2Oc2ccc(C3CC3)cc2)cc(C)n1. The summed E-state index contributed by atoms with van der Waals surface area (Å²) in [6, 6.07) is 18.3. The molecule has 2 N–H and O–H groups in total. The zero-order chi connectivity index (χ0) is 17.4. The first-order valence-electron chi connectivity index (χ1n) is 8.71. The molecule has 0 bridgehead atoms. The summed E-state index contributed by atoms with van der Waals surface area (Å²) in [4.78, 5) is 4.46. The monoisotopic (exact) mass is 330 g/mol. The Morgan fingerprint density at radius 1 is 0.920 bits per heavy atom. The number of hydrogen-bond donors (Lipinski definition) is 1. The van der Waals surface area contributed by atoms with E-state index in [-0.39, 0.29) is 0 Å². The summed E-state index contributed by atoms with van der Waals surface area (Å²) < 4.78 is 6.18. The molecule has 0 amide bonds. The van der Waals surface area contributed by atoms with Crippen molar-refractivity contribution in [3.8, 4) is 22.6 Å². The van der Waals surface area contributed by atoms with Crippen LogP contribution in [0.4, 0.5) is 5.69 Å². The maximum absolute atomic E-state index is 6.18. The zero-order valence-corrected chi connectivity index (χ0v) is 14.6. The van der Waals surface area contributed by atoms with Gasteiger partial charge in [0.15, 0.2) is 0 Å². The summed E-state index contributed by atoms with van der Waals surface area (Å²) in [7, 11) is 0. The number of pyridine rings is 1. The summed E-state index contributed by atoms with van der Waals surface area (Å²) in [5, 5.41) is 0. The van der Waals surface area contributed by atoms with Crippen molar-refractivity contribution in [1.29, 1.82) is 0 Å². The van der Waals surface area contributed by atoms with Gasteiger partial charge in [-0.25, -0.2) is 0 Å². The van der Waals surface area contributed by atoms with Crippen molar-refractivity contribution in [3.05, 3.63) is 71.5 Å². The van der Waals surface area contributed by atoms with E-state index in [1.807, 2.05) is 32.0 Å². The van der Waals surface area contributed by atoms with Crippen molar-refractivity contribution in [1.82, 2.24) is 4.98 Å². The number of aryl methyl sites for hydroxylation is 2. The normalized spacial score (nSPS) is 13.7. The molecule has 0 aliphatic heterocycles. The lowest BCUT2D eigenvalue weighted by Gasteiger charge is -2.13. The standard InChI is InChI=1S/C22H22N2O/c1-14-11-18(12-15(2)24-14)21-13-19(23)7-10-22(21)25-20-8-5-17(6-9-20)16-3-4-16/h5-13,16H,3-4,23H2,1-2H3. The summed E-state index contributed by atoms with van der Waals surface area (Å²) >= 11 is 0. The highest BCUT2D eigenvalue weighted by Crippen LogP contribution is 2.41. The molecule has 3 heteroatoms. The van der Waals surface area contributed by atoms with Crippen molar-refractivity contribution >= 4 is 5.69 Å². The van der Waals surface area contributed by atoms with Gasteiger partial charge in [-0.3, -0.25) is 4.98 Å². The number of nitrogen functional groups attached to an aromatic ring is 1. The van der Waals surface area contributed by atoms with E-state index in [4.69, 9.17) is 10.5 Å². The van der Waals surface area contributed by atoms with Crippen LogP contribution in [-0.2, 0) is 0 Å². The number of aromatic nitrogens is 1. The highest BCUT2D eigenvalue weighted by Gasteiger charge is 2.23. The second kappa shape index (κ2) is 6.25. The molecule has 0 atom stereocenters. The molecule has 0 unspecified atom stereocenters. The fourth-order valence-corrected chi connectivity index (χ4v) is 3.20. The Balaban J connectivity index is 1.69. The maximum atomic E-state index is 6.18. The molecule has 1 aliphatic carbocycles. The molecule has 1 heterocycles. The van der Waals surface area contributed by atoms with Crippen LogP contribution in [0.25, 0.3) is 11.1 Å². The Morgan fingerprint density at radius 2 is 1.60 bits per heavy atom. The van der Waals surface area contributed by atoms with E-state index in [1.54, 1.807) is 0 Å². The lowest BCUT2D eigenvalue weighted by molar-refractivity contribution is 0.484. The fraction of sp³-hybridized carbons (Fsp3) is 0.227. The molecular weight excluding hydrogens is 308 g/mol. The average Bonchev–Trinajstić information content (AvgIpc) is 3.41. The predicted octanol–water partition coefficient (Wildman–Crippen LogP) is 5.62. The van der Waals surface area contributed by atoms with Crippen LogP contribution in [0.2, 0.25) is 0 Å². The number of rotatable bonds is 4. The Hall–Kier alpha value is -2.81. The number of anilines is 1. The van der Waals surface area contributed by atoms with Crippen LogP contribution >= 0.6 is 0 Å². The van der Waals surface area contributed by atoms with Crippen LogP contribution in [0.15, 0.2) is 54.6 Å². The van der Waals surface area contributed by atoms with Gasteiger partial charge in [-0.05, 0) is 86.2 Å². The zero-order valence-electron chi connectivity index (χ0n) is 14.6. The maximum Gasteiger partial charge on any atom is 0.135 e. The summed E-state index contributed by atoms with van der Waals surface area (Å²) in [6.45, 7) is 4.00. The molecule has 1 aromatic heterocycles. The van der Waals surface area contributed by atoms with Gasteiger partial charge in [-0.2, -0.15) is 0 Å². The first-order chi connectivity index (χ1) is 12.1. The van der Waals surface area contributed by atoms with Gasteiger partial charge in [0.1, 0.15) is 11.5 Å². The first kappa shape index (κ1) is 15.7. The smallest absolute Gasteiger partial charge is 0.135 e. The Morgan fingerprint density at radius 3 is 2.24 bits per heavy atom. The molecular formula is C22H22N2O. The second-order valence-corrected chi connectivity index (χ2v) is 6.84. The molecule has 1 fully saturated rings. The van der Waals surface area contributed by atoms with E-state index in [2.05, 4.69) is 41.4 Å². The minimum atomic E-state index is 0.721. The lowest BCUT2D eigenvalue weighted by atomic mass is 10.0. The summed E-state index contributed by atoms with van der Waals surface area (Å²) in [6.07, 6.45) is 2.62. The average molecular weight is 330 g/mol. The van der Waals surface area contributed by atoms with Crippen molar-refractivity contribution in [3.63, 3.8) is 0 Å². The Labute approximate surface area is 148 Å². The third kappa shape index (κ3) is 3.50. The molecule has 1 aliphatic rings. The molecule has 0 spiro atoms. The summed E-state index contributed by atoms with van der Waals surface area (Å²) in [5.74, 6) is 2.40. The second-order valence-electron chi connectivity index (χ2n) is 6.84. The van der Waals surface area contributed by atoms with Gasteiger partial charge >= 0.3 is 0 Å². The van der Waals surface area contributed by atoms with E-state index in [0.717, 1.165) is 45.6 Å². The fourth-order valence-electron chi connectivity index (χ4n) is 3.20. The van der Waals surface area contributed by atoms with Crippen molar-refractivity contribution in [2.24, 2.45) is 0 Å². The van der Waals surface area contributed by atoms with Gasteiger partial charge in [0.05, 0.1) is 0 Å². The van der Waals surface area contributed by atoms with E-state index < -0.39 is 0 Å². The van der Waals surface area contributed by atoms with Gasteiger partial charge in [0, 0.05) is 22.6 Å². The molecule has 25 heavy (non-hydrogen) atoms. The number of nitrogens with two attached hydrogens (primary N) is 1. The van der Waals surface area contributed by atoms with Crippen molar-refractivity contribution < 1.29 is 4.74 Å². The first-order valence-corrected chi connectivity index (χ1v) is 8.71. The molecule has 3 nitrogen and oxygen atoms in total. The molecule has 2 aromatic carbocycles. The number of ether oxygens (including phenoxy) is 1. The van der Waals surface area contributed by atoms with Crippen LogP contribution < -0.4 is 10.5 Å². The third-order valence-electron chi connectivity index (χ3n) is 4.55. The quantitative estimate of drug-likeness (QED) is 0.632. The van der Waals surface area contributed by atoms with Crippen LogP contribution in [0, 0.1) is 13.8 Å². The lowest BCUT2D eigenvalue weighted by Crippen LogP contribution is -1.94.